The van der Waals surface area contributed by atoms with E-state index < -0.39 is 0 Å². The van der Waals surface area contributed by atoms with Gasteiger partial charge in [0.2, 0.25) is 0 Å². The second-order valence-electron chi connectivity index (χ2n) is 4.25. The summed E-state index contributed by atoms with van der Waals surface area (Å²) in [6, 6.07) is 5.21. The van der Waals surface area contributed by atoms with E-state index in [0.717, 1.165) is 5.56 Å². The Morgan fingerprint density at radius 3 is 2.71 bits per heavy atom. The minimum absolute atomic E-state index is 0.0372. The molecule has 0 spiro atoms. The van der Waals surface area contributed by atoms with Crippen molar-refractivity contribution in [1.82, 2.24) is 4.90 Å². The van der Waals surface area contributed by atoms with Crippen LogP contribution >= 0.6 is 0 Å². The SMILES string of the molecule is CCC(CO)N(C)C(=O)c1cc(C)ccc1N. The number of aryl methyl sites for hydroxylation is 1. The second-order valence-corrected chi connectivity index (χ2v) is 4.25. The average Bonchev–Trinajstić information content (AvgIpc) is 2.32. The first-order chi connectivity index (χ1) is 8.01. The molecule has 0 bridgehead atoms. The number of aliphatic hydroxyl groups excluding tert-OH is 1. The first kappa shape index (κ1) is 13.5. The summed E-state index contributed by atoms with van der Waals surface area (Å²) in [6.07, 6.45) is 0.713. The molecule has 1 atom stereocenters. The molecule has 0 aliphatic rings. The van der Waals surface area contributed by atoms with Crippen LogP contribution in [0.4, 0.5) is 5.69 Å². The lowest BCUT2D eigenvalue weighted by atomic mass is 10.1. The summed E-state index contributed by atoms with van der Waals surface area (Å²) in [4.78, 5) is 13.8. The third-order valence-electron chi connectivity index (χ3n) is 2.99. The van der Waals surface area contributed by atoms with Crippen LogP contribution in [-0.4, -0.2) is 35.6 Å². The fourth-order valence-corrected chi connectivity index (χ4v) is 1.74. The van der Waals surface area contributed by atoms with Crippen LogP contribution in [-0.2, 0) is 0 Å². The Morgan fingerprint density at radius 2 is 2.18 bits per heavy atom. The number of rotatable bonds is 4. The van der Waals surface area contributed by atoms with Crippen LogP contribution in [0.15, 0.2) is 18.2 Å². The number of nitrogens with two attached hydrogens (primary N) is 1. The molecule has 0 aliphatic heterocycles. The highest BCUT2D eigenvalue weighted by atomic mass is 16.3. The number of aliphatic hydroxyl groups is 1. The van der Waals surface area contributed by atoms with Crippen LogP contribution < -0.4 is 5.73 Å². The summed E-state index contributed by atoms with van der Waals surface area (Å²) in [6.45, 7) is 3.81. The van der Waals surface area contributed by atoms with Crippen LogP contribution in [0.25, 0.3) is 0 Å². The van der Waals surface area contributed by atoms with Gasteiger partial charge in [-0.15, -0.1) is 0 Å². The molecule has 0 saturated carbocycles. The van der Waals surface area contributed by atoms with E-state index in [1.54, 1.807) is 24.1 Å². The average molecular weight is 236 g/mol. The van der Waals surface area contributed by atoms with E-state index in [1.165, 1.54) is 0 Å². The predicted molar refractivity (Wildman–Crippen MR) is 68.8 cm³/mol. The molecule has 94 valence electrons. The number of nitrogens with zero attached hydrogens (tertiary/aromatic N) is 1. The molecule has 1 unspecified atom stereocenters. The number of nitrogen functional groups attached to an aromatic ring is 1. The highest BCUT2D eigenvalue weighted by Crippen LogP contribution is 2.17. The lowest BCUT2D eigenvalue weighted by Gasteiger charge is -2.26. The van der Waals surface area contributed by atoms with Gasteiger partial charge >= 0.3 is 0 Å². The smallest absolute Gasteiger partial charge is 0.256 e. The van der Waals surface area contributed by atoms with E-state index in [9.17, 15) is 9.90 Å². The summed E-state index contributed by atoms with van der Waals surface area (Å²) in [5.41, 5.74) is 7.77. The first-order valence-corrected chi connectivity index (χ1v) is 5.75. The summed E-state index contributed by atoms with van der Waals surface area (Å²) >= 11 is 0. The summed E-state index contributed by atoms with van der Waals surface area (Å²) < 4.78 is 0. The highest BCUT2D eigenvalue weighted by Gasteiger charge is 2.20. The van der Waals surface area contributed by atoms with Gasteiger partial charge in [-0.2, -0.15) is 0 Å². The second kappa shape index (κ2) is 5.68. The fourth-order valence-electron chi connectivity index (χ4n) is 1.74. The van der Waals surface area contributed by atoms with Crippen LogP contribution in [0, 0.1) is 6.92 Å². The maximum atomic E-state index is 12.2. The van der Waals surface area contributed by atoms with Gasteiger partial charge in [0.1, 0.15) is 0 Å². The third-order valence-corrected chi connectivity index (χ3v) is 2.99. The summed E-state index contributed by atoms with van der Waals surface area (Å²) in [5, 5.41) is 9.19. The molecule has 3 N–H and O–H groups in total. The number of hydrogen-bond acceptors (Lipinski definition) is 3. The Hall–Kier alpha value is -1.55. The van der Waals surface area contributed by atoms with Gasteiger partial charge in [-0.3, -0.25) is 4.79 Å². The number of likely N-dealkylation sites (N-methyl/N-ethyl adjacent to an activating group) is 1. The molecule has 1 amide bonds. The number of benzene rings is 1. The fraction of sp³-hybridized carbons (Fsp3) is 0.462. The molecular formula is C13H20N2O2. The highest BCUT2D eigenvalue weighted by molar-refractivity contribution is 5.99. The monoisotopic (exact) mass is 236 g/mol. The molecule has 0 fully saturated rings. The molecule has 0 aromatic heterocycles. The molecule has 4 heteroatoms. The maximum Gasteiger partial charge on any atom is 0.256 e. The number of anilines is 1. The van der Waals surface area contributed by atoms with Crippen molar-refractivity contribution in [3.8, 4) is 0 Å². The summed E-state index contributed by atoms with van der Waals surface area (Å²) in [5.74, 6) is -0.146. The number of hydrogen-bond donors (Lipinski definition) is 2. The van der Waals surface area contributed by atoms with Crippen molar-refractivity contribution in [2.45, 2.75) is 26.3 Å². The minimum Gasteiger partial charge on any atom is -0.398 e. The molecule has 1 aromatic carbocycles. The number of amides is 1. The predicted octanol–water partition coefficient (Wildman–Crippen LogP) is 1.42. The van der Waals surface area contributed by atoms with Gasteiger partial charge in [0.05, 0.1) is 18.2 Å². The number of carbonyl (C=O) groups is 1. The van der Waals surface area contributed by atoms with E-state index in [4.69, 9.17) is 5.73 Å². The molecule has 1 rings (SSSR count). The van der Waals surface area contributed by atoms with E-state index in [1.807, 2.05) is 19.9 Å². The van der Waals surface area contributed by atoms with Crippen molar-refractivity contribution in [2.24, 2.45) is 0 Å². The van der Waals surface area contributed by atoms with Crippen LogP contribution in [0.3, 0.4) is 0 Å². The Labute approximate surface area is 102 Å². The van der Waals surface area contributed by atoms with Crippen LogP contribution in [0.1, 0.15) is 29.3 Å². The van der Waals surface area contributed by atoms with E-state index >= 15 is 0 Å². The Balaban J connectivity index is 2.99. The van der Waals surface area contributed by atoms with E-state index in [2.05, 4.69) is 0 Å². The molecule has 1 aromatic rings. The first-order valence-electron chi connectivity index (χ1n) is 5.75. The van der Waals surface area contributed by atoms with Gasteiger partial charge < -0.3 is 15.7 Å². The molecule has 0 saturated heterocycles. The molecule has 0 heterocycles. The van der Waals surface area contributed by atoms with Crippen molar-refractivity contribution in [1.29, 1.82) is 0 Å². The lowest BCUT2D eigenvalue weighted by molar-refractivity contribution is 0.0655. The standard InChI is InChI=1S/C13H20N2O2/c1-4-10(8-16)15(3)13(17)11-7-9(2)5-6-12(11)14/h5-7,10,16H,4,8,14H2,1-3H3. The van der Waals surface area contributed by atoms with E-state index in [0.29, 0.717) is 17.7 Å². The normalized spacial score (nSPS) is 12.2. The van der Waals surface area contributed by atoms with Crippen LogP contribution in [0.5, 0.6) is 0 Å². The van der Waals surface area contributed by atoms with Gasteiger partial charge in [-0.25, -0.2) is 0 Å². The van der Waals surface area contributed by atoms with Crippen molar-refractivity contribution in [3.05, 3.63) is 29.3 Å². The minimum atomic E-state index is -0.164. The van der Waals surface area contributed by atoms with Gasteiger partial charge in [-0.05, 0) is 25.5 Å². The Bertz CT molecular complexity index is 400. The topological polar surface area (TPSA) is 66.6 Å². The zero-order valence-electron chi connectivity index (χ0n) is 10.6. The Morgan fingerprint density at radius 1 is 1.53 bits per heavy atom. The quantitative estimate of drug-likeness (QED) is 0.777. The maximum absolute atomic E-state index is 12.2. The lowest BCUT2D eigenvalue weighted by Crippen LogP contribution is -2.39. The van der Waals surface area contributed by atoms with Crippen molar-refractivity contribution in [2.75, 3.05) is 19.4 Å². The van der Waals surface area contributed by atoms with Crippen molar-refractivity contribution >= 4 is 11.6 Å². The summed E-state index contributed by atoms with van der Waals surface area (Å²) in [7, 11) is 1.69. The molecule has 17 heavy (non-hydrogen) atoms. The zero-order chi connectivity index (χ0) is 13.0. The van der Waals surface area contributed by atoms with Gasteiger partial charge in [-0.1, -0.05) is 18.6 Å². The van der Waals surface area contributed by atoms with Gasteiger partial charge in [0.15, 0.2) is 0 Å². The Kier molecular flexibility index (Phi) is 4.52. The molecule has 0 aliphatic carbocycles. The largest absolute Gasteiger partial charge is 0.398 e. The van der Waals surface area contributed by atoms with Crippen molar-refractivity contribution in [3.63, 3.8) is 0 Å². The zero-order valence-corrected chi connectivity index (χ0v) is 10.6. The molecule has 0 radical (unpaired) electrons. The van der Waals surface area contributed by atoms with Gasteiger partial charge in [0.25, 0.3) is 5.91 Å². The van der Waals surface area contributed by atoms with Crippen LogP contribution in [0.2, 0.25) is 0 Å². The van der Waals surface area contributed by atoms with Crippen molar-refractivity contribution < 1.29 is 9.90 Å². The number of carbonyl (C=O) groups excluding carboxylic acids is 1. The molecular weight excluding hydrogens is 216 g/mol. The third kappa shape index (κ3) is 2.97. The van der Waals surface area contributed by atoms with Gasteiger partial charge in [0, 0.05) is 12.7 Å². The van der Waals surface area contributed by atoms with E-state index in [-0.39, 0.29) is 18.6 Å². The molecule has 4 nitrogen and oxygen atoms in total.